The molecule has 1 saturated heterocycles. The Labute approximate surface area is 186 Å². The summed E-state index contributed by atoms with van der Waals surface area (Å²) in [4.78, 5) is 18.5. The van der Waals surface area contributed by atoms with Crippen LogP contribution in [0.3, 0.4) is 0 Å². The number of halogens is 1. The Morgan fingerprint density at radius 3 is 2.43 bits per heavy atom. The van der Waals surface area contributed by atoms with Crippen LogP contribution in [0.15, 0.2) is 29.3 Å². The van der Waals surface area contributed by atoms with Gasteiger partial charge < -0.3 is 15.4 Å². The van der Waals surface area contributed by atoms with Gasteiger partial charge in [0.05, 0.1) is 13.2 Å². The lowest BCUT2D eigenvalue weighted by atomic mass is 10.1. The minimum Gasteiger partial charge on any atom is -0.466 e. The molecule has 0 spiro atoms. The van der Waals surface area contributed by atoms with E-state index in [1.807, 2.05) is 13.8 Å². The average Bonchev–Trinajstić information content (AvgIpc) is 3.17. The third-order valence-electron chi connectivity index (χ3n) is 4.55. The molecule has 158 valence electrons. The van der Waals surface area contributed by atoms with Crippen LogP contribution in [0.4, 0.5) is 0 Å². The maximum Gasteiger partial charge on any atom is 0.305 e. The van der Waals surface area contributed by atoms with Crippen LogP contribution >= 0.6 is 24.0 Å². The van der Waals surface area contributed by atoms with E-state index < -0.39 is 0 Å². The number of benzene rings is 1. The number of ether oxygens (including phenoxy) is 1. The average molecular weight is 502 g/mol. The van der Waals surface area contributed by atoms with E-state index in [4.69, 9.17) is 4.74 Å². The van der Waals surface area contributed by atoms with E-state index in [9.17, 15) is 4.79 Å². The van der Waals surface area contributed by atoms with Crippen molar-refractivity contribution >= 4 is 35.9 Å². The summed E-state index contributed by atoms with van der Waals surface area (Å²) in [6, 6.07) is 8.75. The highest BCUT2D eigenvalue weighted by Gasteiger charge is 2.11. The molecule has 1 fully saturated rings. The summed E-state index contributed by atoms with van der Waals surface area (Å²) in [6.07, 6.45) is 3.81. The molecule has 1 aromatic rings. The molecule has 28 heavy (non-hydrogen) atoms. The Kier molecular flexibility index (Phi) is 12.9. The maximum absolute atomic E-state index is 11.4. The van der Waals surface area contributed by atoms with E-state index in [1.54, 1.807) is 0 Å². The molecule has 1 aromatic carbocycles. The molecule has 0 aliphatic carbocycles. The summed E-state index contributed by atoms with van der Waals surface area (Å²) in [5, 5.41) is 6.51. The summed E-state index contributed by atoms with van der Waals surface area (Å²) >= 11 is 0. The zero-order valence-electron chi connectivity index (χ0n) is 17.2. The highest BCUT2D eigenvalue weighted by molar-refractivity contribution is 14.0. The summed E-state index contributed by atoms with van der Waals surface area (Å²) in [5.41, 5.74) is 2.57. The minimum atomic E-state index is -0.143. The highest BCUT2D eigenvalue weighted by Crippen LogP contribution is 2.13. The third kappa shape index (κ3) is 9.73. The van der Waals surface area contributed by atoms with E-state index in [0.29, 0.717) is 26.1 Å². The van der Waals surface area contributed by atoms with E-state index in [2.05, 4.69) is 44.8 Å². The molecule has 2 N–H and O–H groups in total. The van der Waals surface area contributed by atoms with Gasteiger partial charge in [-0.05, 0) is 57.3 Å². The van der Waals surface area contributed by atoms with Gasteiger partial charge in [0.1, 0.15) is 0 Å². The molecule has 0 atom stereocenters. The van der Waals surface area contributed by atoms with Crippen molar-refractivity contribution in [1.82, 2.24) is 15.5 Å². The maximum atomic E-state index is 11.4. The summed E-state index contributed by atoms with van der Waals surface area (Å²) in [5.74, 6) is 0.637. The number of hydrogen-bond acceptors (Lipinski definition) is 4. The number of nitrogens with one attached hydrogen (secondary N) is 2. The van der Waals surface area contributed by atoms with Gasteiger partial charge in [-0.15, -0.1) is 24.0 Å². The van der Waals surface area contributed by atoms with Gasteiger partial charge in [-0.25, -0.2) is 4.99 Å². The molecule has 0 amide bonds. The van der Waals surface area contributed by atoms with Crippen molar-refractivity contribution < 1.29 is 9.53 Å². The number of carbonyl (C=O) groups excluding carboxylic acids is 1. The van der Waals surface area contributed by atoms with Crippen molar-refractivity contribution in [3.63, 3.8) is 0 Å². The molecule has 1 aliphatic heterocycles. The zero-order valence-corrected chi connectivity index (χ0v) is 19.5. The number of likely N-dealkylation sites (tertiary alicyclic amines) is 1. The molecule has 0 unspecified atom stereocenters. The van der Waals surface area contributed by atoms with Crippen LogP contribution in [0.2, 0.25) is 0 Å². The van der Waals surface area contributed by atoms with Crippen LogP contribution in [-0.4, -0.2) is 49.6 Å². The van der Waals surface area contributed by atoms with Gasteiger partial charge in [-0.3, -0.25) is 9.69 Å². The second kappa shape index (κ2) is 14.6. The van der Waals surface area contributed by atoms with Crippen molar-refractivity contribution in [2.75, 3.05) is 32.8 Å². The molecule has 0 radical (unpaired) electrons. The molecule has 1 heterocycles. The third-order valence-corrected chi connectivity index (χ3v) is 4.55. The number of hydrogen-bond donors (Lipinski definition) is 2. The lowest BCUT2D eigenvalue weighted by molar-refractivity contribution is -0.143. The van der Waals surface area contributed by atoms with Crippen molar-refractivity contribution in [3.8, 4) is 0 Å². The van der Waals surface area contributed by atoms with E-state index in [1.165, 1.54) is 37.1 Å². The molecule has 2 rings (SSSR count). The molecule has 6 nitrogen and oxygen atoms in total. The van der Waals surface area contributed by atoms with Gasteiger partial charge in [0.15, 0.2) is 5.96 Å². The normalized spacial score (nSPS) is 14.4. The Morgan fingerprint density at radius 1 is 1.11 bits per heavy atom. The van der Waals surface area contributed by atoms with E-state index >= 15 is 0 Å². The SMILES string of the molecule is CCNC(=NCc1ccc(CN2CCCC2)cc1)NCCCC(=O)OCC.I. The van der Waals surface area contributed by atoms with Crippen LogP contribution in [0.25, 0.3) is 0 Å². The summed E-state index contributed by atoms with van der Waals surface area (Å²) in [6.45, 7) is 9.93. The highest BCUT2D eigenvalue weighted by atomic mass is 127. The van der Waals surface area contributed by atoms with Gasteiger partial charge in [-0.1, -0.05) is 24.3 Å². The number of esters is 1. The first-order valence-electron chi connectivity index (χ1n) is 10.2. The second-order valence-electron chi connectivity index (χ2n) is 6.83. The van der Waals surface area contributed by atoms with Gasteiger partial charge in [0.2, 0.25) is 0 Å². The monoisotopic (exact) mass is 502 g/mol. The number of guanidine groups is 1. The molecule has 0 aromatic heterocycles. The fourth-order valence-corrected chi connectivity index (χ4v) is 3.13. The standard InChI is InChI=1S/C21H34N4O2.HI/c1-3-22-21(23-13-7-8-20(26)27-4-2)24-16-18-9-11-19(12-10-18)17-25-14-5-6-15-25;/h9-12H,3-8,13-17H2,1-2H3,(H2,22,23,24);1H. The van der Waals surface area contributed by atoms with Gasteiger partial charge >= 0.3 is 5.97 Å². The largest absolute Gasteiger partial charge is 0.466 e. The fraction of sp³-hybridized carbons (Fsp3) is 0.619. The Balaban J connectivity index is 0.00000392. The van der Waals surface area contributed by atoms with Crippen LogP contribution in [0.1, 0.15) is 50.7 Å². The molecule has 0 saturated carbocycles. The Morgan fingerprint density at radius 2 is 1.79 bits per heavy atom. The number of carbonyl (C=O) groups is 1. The van der Waals surface area contributed by atoms with Gasteiger partial charge in [0.25, 0.3) is 0 Å². The molecule has 0 bridgehead atoms. The topological polar surface area (TPSA) is 66.0 Å². The predicted octanol–water partition coefficient (Wildman–Crippen LogP) is 3.30. The van der Waals surface area contributed by atoms with Gasteiger partial charge in [-0.2, -0.15) is 0 Å². The first-order chi connectivity index (χ1) is 13.2. The van der Waals surface area contributed by atoms with Crippen LogP contribution < -0.4 is 10.6 Å². The quantitative estimate of drug-likeness (QED) is 0.169. The Hall–Kier alpha value is -1.35. The van der Waals surface area contributed by atoms with Gasteiger partial charge in [0, 0.05) is 26.1 Å². The minimum absolute atomic E-state index is 0. The van der Waals surface area contributed by atoms with Crippen LogP contribution in [0, 0.1) is 0 Å². The van der Waals surface area contributed by atoms with Crippen molar-refractivity contribution in [2.24, 2.45) is 4.99 Å². The lowest BCUT2D eigenvalue weighted by Gasteiger charge is -2.14. The molecular formula is C21H35IN4O2. The van der Waals surface area contributed by atoms with Crippen LogP contribution in [-0.2, 0) is 22.6 Å². The lowest BCUT2D eigenvalue weighted by Crippen LogP contribution is -2.37. The second-order valence-corrected chi connectivity index (χ2v) is 6.83. The zero-order chi connectivity index (χ0) is 19.3. The summed E-state index contributed by atoms with van der Waals surface area (Å²) < 4.78 is 4.94. The van der Waals surface area contributed by atoms with Crippen molar-refractivity contribution in [3.05, 3.63) is 35.4 Å². The predicted molar refractivity (Wildman–Crippen MR) is 125 cm³/mol. The first-order valence-corrected chi connectivity index (χ1v) is 10.2. The van der Waals surface area contributed by atoms with Crippen molar-refractivity contribution in [1.29, 1.82) is 0 Å². The number of nitrogens with zero attached hydrogens (tertiary/aromatic N) is 2. The molecule has 1 aliphatic rings. The van der Waals surface area contributed by atoms with E-state index in [-0.39, 0.29) is 29.9 Å². The van der Waals surface area contributed by atoms with Crippen molar-refractivity contribution in [2.45, 2.75) is 52.6 Å². The van der Waals surface area contributed by atoms with E-state index in [0.717, 1.165) is 25.5 Å². The smallest absolute Gasteiger partial charge is 0.305 e. The molecular weight excluding hydrogens is 467 g/mol. The van der Waals surface area contributed by atoms with Crippen LogP contribution in [0.5, 0.6) is 0 Å². The molecule has 7 heteroatoms. The number of aliphatic imine (C=N–C) groups is 1. The summed E-state index contributed by atoms with van der Waals surface area (Å²) in [7, 11) is 0. The first kappa shape index (κ1) is 24.7. The fourth-order valence-electron chi connectivity index (χ4n) is 3.13. The number of rotatable bonds is 10. The Bertz CT molecular complexity index is 587.